The highest BCUT2D eigenvalue weighted by molar-refractivity contribution is 5.11. The lowest BCUT2D eigenvalue weighted by Gasteiger charge is -2.13. The Kier molecular flexibility index (Phi) is 3.86. The first-order valence-corrected chi connectivity index (χ1v) is 4.43. The molecular formula is C10H16N2O. The summed E-state index contributed by atoms with van der Waals surface area (Å²) >= 11 is 0. The van der Waals surface area contributed by atoms with E-state index >= 15 is 0 Å². The SMILES string of the molecule is CN(C)CC[C@@H](O)c1cccnc1. The molecule has 1 heterocycles. The average Bonchev–Trinajstić information content (AvgIpc) is 2.15. The second kappa shape index (κ2) is 4.94. The van der Waals surface area contributed by atoms with Crippen LogP contribution in [-0.2, 0) is 0 Å². The zero-order valence-electron chi connectivity index (χ0n) is 8.14. The van der Waals surface area contributed by atoms with Crippen LogP contribution in [0.5, 0.6) is 0 Å². The molecule has 0 unspecified atom stereocenters. The molecular weight excluding hydrogens is 164 g/mol. The highest BCUT2D eigenvalue weighted by Gasteiger charge is 2.06. The Morgan fingerprint density at radius 1 is 1.54 bits per heavy atom. The molecule has 0 fully saturated rings. The van der Waals surface area contributed by atoms with Crippen molar-refractivity contribution in [3.05, 3.63) is 30.1 Å². The highest BCUT2D eigenvalue weighted by Crippen LogP contribution is 2.14. The van der Waals surface area contributed by atoms with Crippen molar-refractivity contribution in [3.8, 4) is 0 Å². The number of hydrogen-bond acceptors (Lipinski definition) is 3. The number of pyridine rings is 1. The van der Waals surface area contributed by atoms with E-state index in [1.54, 1.807) is 12.4 Å². The predicted molar refractivity (Wildman–Crippen MR) is 52.4 cm³/mol. The van der Waals surface area contributed by atoms with E-state index in [0.717, 1.165) is 18.5 Å². The molecule has 1 atom stereocenters. The van der Waals surface area contributed by atoms with Crippen LogP contribution in [0.2, 0.25) is 0 Å². The molecule has 72 valence electrons. The van der Waals surface area contributed by atoms with Gasteiger partial charge >= 0.3 is 0 Å². The van der Waals surface area contributed by atoms with Crippen LogP contribution in [0.4, 0.5) is 0 Å². The molecule has 0 aromatic carbocycles. The maximum atomic E-state index is 9.70. The van der Waals surface area contributed by atoms with E-state index in [9.17, 15) is 5.11 Å². The van der Waals surface area contributed by atoms with Gasteiger partial charge in [-0.1, -0.05) is 6.07 Å². The van der Waals surface area contributed by atoms with Crippen molar-refractivity contribution in [2.24, 2.45) is 0 Å². The minimum Gasteiger partial charge on any atom is -0.388 e. The van der Waals surface area contributed by atoms with Gasteiger partial charge in [0.25, 0.3) is 0 Å². The van der Waals surface area contributed by atoms with Gasteiger partial charge in [-0.15, -0.1) is 0 Å². The summed E-state index contributed by atoms with van der Waals surface area (Å²) in [4.78, 5) is 6.01. The van der Waals surface area contributed by atoms with Crippen molar-refractivity contribution in [1.29, 1.82) is 0 Å². The summed E-state index contributed by atoms with van der Waals surface area (Å²) < 4.78 is 0. The number of aromatic nitrogens is 1. The Balaban J connectivity index is 2.44. The molecule has 0 saturated carbocycles. The second-order valence-corrected chi connectivity index (χ2v) is 3.39. The van der Waals surface area contributed by atoms with Gasteiger partial charge in [0.15, 0.2) is 0 Å². The van der Waals surface area contributed by atoms with Crippen LogP contribution in [0.25, 0.3) is 0 Å². The summed E-state index contributed by atoms with van der Waals surface area (Å²) in [7, 11) is 3.99. The normalized spacial score (nSPS) is 13.2. The molecule has 1 aromatic heterocycles. The molecule has 0 aliphatic heterocycles. The molecule has 3 heteroatoms. The Bertz CT molecular complexity index is 236. The minimum atomic E-state index is -0.393. The zero-order chi connectivity index (χ0) is 9.68. The third kappa shape index (κ3) is 3.53. The van der Waals surface area contributed by atoms with E-state index < -0.39 is 6.10 Å². The molecule has 1 N–H and O–H groups in total. The van der Waals surface area contributed by atoms with Crippen LogP contribution < -0.4 is 0 Å². The highest BCUT2D eigenvalue weighted by atomic mass is 16.3. The molecule has 13 heavy (non-hydrogen) atoms. The van der Waals surface area contributed by atoms with Gasteiger partial charge in [0, 0.05) is 18.9 Å². The largest absolute Gasteiger partial charge is 0.388 e. The quantitative estimate of drug-likeness (QED) is 0.753. The molecule has 0 aliphatic carbocycles. The number of aliphatic hydroxyl groups is 1. The lowest BCUT2D eigenvalue weighted by molar-refractivity contribution is 0.154. The fourth-order valence-corrected chi connectivity index (χ4v) is 1.12. The Labute approximate surface area is 79.0 Å². The first-order chi connectivity index (χ1) is 6.20. The third-order valence-electron chi connectivity index (χ3n) is 1.92. The van der Waals surface area contributed by atoms with Gasteiger partial charge in [0.1, 0.15) is 0 Å². The summed E-state index contributed by atoms with van der Waals surface area (Å²) in [5, 5.41) is 9.70. The summed E-state index contributed by atoms with van der Waals surface area (Å²) in [6, 6.07) is 3.74. The van der Waals surface area contributed by atoms with Gasteiger partial charge in [-0.05, 0) is 32.1 Å². The van der Waals surface area contributed by atoms with E-state index in [1.165, 1.54) is 0 Å². The van der Waals surface area contributed by atoms with Crippen LogP contribution in [0.1, 0.15) is 18.1 Å². The van der Waals surface area contributed by atoms with Crippen molar-refractivity contribution in [2.75, 3.05) is 20.6 Å². The van der Waals surface area contributed by atoms with E-state index in [-0.39, 0.29) is 0 Å². The molecule has 1 rings (SSSR count). The molecule has 3 nitrogen and oxygen atoms in total. The summed E-state index contributed by atoms with van der Waals surface area (Å²) in [5.41, 5.74) is 0.893. The fraction of sp³-hybridized carbons (Fsp3) is 0.500. The lowest BCUT2D eigenvalue weighted by Crippen LogP contribution is -2.15. The van der Waals surface area contributed by atoms with E-state index in [2.05, 4.69) is 9.88 Å². The van der Waals surface area contributed by atoms with Crippen molar-refractivity contribution < 1.29 is 5.11 Å². The molecule has 0 aliphatic rings. The van der Waals surface area contributed by atoms with Crippen LogP contribution in [0.3, 0.4) is 0 Å². The van der Waals surface area contributed by atoms with E-state index in [1.807, 2.05) is 26.2 Å². The van der Waals surface area contributed by atoms with Crippen LogP contribution in [0.15, 0.2) is 24.5 Å². The summed E-state index contributed by atoms with van der Waals surface area (Å²) in [6.45, 7) is 0.885. The van der Waals surface area contributed by atoms with Crippen molar-refractivity contribution in [3.63, 3.8) is 0 Å². The Morgan fingerprint density at radius 3 is 2.85 bits per heavy atom. The molecule has 1 aromatic rings. The van der Waals surface area contributed by atoms with Gasteiger partial charge in [0.2, 0.25) is 0 Å². The molecule has 0 amide bonds. The van der Waals surface area contributed by atoms with Gasteiger partial charge in [-0.2, -0.15) is 0 Å². The van der Waals surface area contributed by atoms with Crippen LogP contribution in [-0.4, -0.2) is 35.6 Å². The second-order valence-electron chi connectivity index (χ2n) is 3.39. The van der Waals surface area contributed by atoms with E-state index in [4.69, 9.17) is 0 Å². The zero-order valence-corrected chi connectivity index (χ0v) is 8.14. The number of hydrogen-bond donors (Lipinski definition) is 1. The van der Waals surface area contributed by atoms with Crippen molar-refractivity contribution in [1.82, 2.24) is 9.88 Å². The van der Waals surface area contributed by atoms with Crippen molar-refractivity contribution in [2.45, 2.75) is 12.5 Å². The first kappa shape index (κ1) is 10.2. The van der Waals surface area contributed by atoms with Gasteiger partial charge < -0.3 is 10.0 Å². The van der Waals surface area contributed by atoms with Crippen LogP contribution in [0, 0.1) is 0 Å². The van der Waals surface area contributed by atoms with E-state index in [0.29, 0.717) is 0 Å². The Morgan fingerprint density at radius 2 is 2.31 bits per heavy atom. The minimum absolute atomic E-state index is 0.393. The monoisotopic (exact) mass is 180 g/mol. The van der Waals surface area contributed by atoms with Crippen LogP contribution >= 0.6 is 0 Å². The smallest absolute Gasteiger partial charge is 0.0817 e. The first-order valence-electron chi connectivity index (χ1n) is 4.43. The summed E-state index contributed by atoms with van der Waals surface area (Å²) in [6.07, 6.45) is 3.78. The molecule has 0 saturated heterocycles. The van der Waals surface area contributed by atoms with Gasteiger partial charge in [0.05, 0.1) is 6.10 Å². The molecule has 0 radical (unpaired) electrons. The van der Waals surface area contributed by atoms with Crippen molar-refractivity contribution >= 4 is 0 Å². The fourth-order valence-electron chi connectivity index (χ4n) is 1.12. The standard InChI is InChI=1S/C10H16N2O/c1-12(2)7-5-10(13)9-4-3-6-11-8-9/h3-4,6,8,10,13H,5,7H2,1-2H3/t10-/m1/s1. The predicted octanol–water partition coefficient (Wildman–Crippen LogP) is 1.07. The number of nitrogens with zero attached hydrogens (tertiary/aromatic N) is 2. The topological polar surface area (TPSA) is 36.4 Å². The van der Waals surface area contributed by atoms with Gasteiger partial charge in [-0.3, -0.25) is 4.98 Å². The third-order valence-corrected chi connectivity index (χ3v) is 1.92. The van der Waals surface area contributed by atoms with Gasteiger partial charge in [-0.25, -0.2) is 0 Å². The maximum absolute atomic E-state index is 9.70. The Hall–Kier alpha value is -0.930. The molecule has 0 bridgehead atoms. The average molecular weight is 180 g/mol. The summed E-state index contributed by atoms with van der Waals surface area (Å²) in [5.74, 6) is 0. The maximum Gasteiger partial charge on any atom is 0.0817 e. The number of rotatable bonds is 4. The molecule has 0 spiro atoms. The number of aliphatic hydroxyl groups excluding tert-OH is 1. The lowest BCUT2D eigenvalue weighted by atomic mass is 10.1.